The highest BCUT2D eigenvalue weighted by molar-refractivity contribution is 5.80. The van der Waals surface area contributed by atoms with Gasteiger partial charge in [0, 0.05) is 26.2 Å². The summed E-state index contributed by atoms with van der Waals surface area (Å²) in [6, 6.07) is 0.217. The molecule has 0 aromatic rings. The number of aliphatic carboxylic acids is 1. The second-order valence-corrected chi connectivity index (χ2v) is 4.64. The molecule has 18 heavy (non-hydrogen) atoms. The lowest BCUT2D eigenvalue weighted by molar-refractivity contribution is -0.137. The Labute approximate surface area is 108 Å². The summed E-state index contributed by atoms with van der Waals surface area (Å²) in [6.45, 7) is 7.36. The third kappa shape index (κ3) is 3.60. The van der Waals surface area contributed by atoms with Crippen LogP contribution in [-0.4, -0.2) is 77.6 Å². The molecule has 104 valence electrons. The zero-order chi connectivity index (χ0) is 13.7. The zero-order valence-corrected chi connectivity index (χ0v) is 11.4. The van der Waals surface area contributed by atoms with Crippen LogP contribution in [0.1, 0.15) is 20.3 Å². The van der Waals surface area contributed by atoms with Gasteiger partial charge in [-0.05, 0) is 19.5 Å². The molecule has 1 fully saturated rings. The van der Waals surface area contributed by atoms with E-state index in [0.717, 1.165) is 19.5 Å². The number of rotatable bonds is 5. The minimum absolute atomic E-state index is 0.188. The Morgan fingerprint density at radius 3 is 2.44 bits per heavy atom. The van der Waals surface area contributed by atoms with Crippen molar-refractivity contribution in [3.63, 3.8) is 0 Å². The van der Waals surface area contributed by atoms with Crippen molar-refractivity contribution < 1.29 is 14.7 Å². The Balaban J connectivity index is 2.50. The Hall–Kier alpha value is -1.30. The van der Waals surface area contributed by atoms with Gasteiger partial charge in [-0.15, -0.1) is 0 Å². The van der Waals surface area contributed by atoms with Crippen LogP contribution in [0.5, 0.6) is 0 Å². The van der Waals surface area contributed by atoms with Gasteiger partial charge in [0.15, 0.2) is 0 Å². The Morgan fingerprint density at radius 1 is 1.33 bits per heavy atom. The van der Waals surface area contributed by atoms with Gasteiger partial charge in [0.2, 0.25) is 0 Å². The number of likely N-dealkylation sites (N-methyl/N-ethyl adjacent to an activating group) is 2. The third-order valence-corrected chi connectivity index (χ3v) is 3.46. The van der Waals surface area contributed by atoms with Crippen molar-refractivity contribution in [1.29, 1.82) is 0 Å². The van der Waals surface area contributed by atoms with Gasteiger partial charge in [-0.3, -0.25) is 9.69 Å². The zero-order valence-electron chi connectivity index (χ0n) is 11.4. The number of nitrogens with zero attached hydrogens (tertiary/aromatic N) is 3. The SMILES string of the molecule is CCN(CC)C1CCN(C(=O)N(C)CC(=O)O)C1. The van der Waals surface area contributed by atoms with Gasteiger partial charge < -0.3 is 14.9 Å². The molecule has 0 aromatic carbocycles. The maximum absolute atomic E-state index is 12.0. The molecule has 1 atom stereocenters. The first-order chi connectivity index (χ1) is 8.49. The summed E-state index contributed by atoms with van der Waals surface area (Å²) in [7, 11) is 1.53. The number of hydrogen-bond donors (Lipinski definition) is 1. The molecule has 1 aliphatic rings. The van der Waals surface area contributed by atoms with Crippen LogP contribution in [0, 0.1) is 0 Å². The van der Waals surface area contributed by atoms with Crippen LogP contribution in [0.2, 0.25) is 0 Å². The Kier molecular flexibility index (Phi) is 5.40. The van der Waals surface area contributed by atoms with Crippen molar-refractivity contribution in [2.75, 3.05) is 39.8 Å². The van der Waals surface area contributed by atoms with Gasteiger partial charge in [0.1, 0.15) is 6.54 Å². The quantitative estimate of drug-likeness (QED) is 0.780. The van der Waals surface area contributed by atoms with Crippen molar-refractivity contribution in [1.82, 2.24) is 14.7 Å². The molecule has 6 heteroatoms. The van der Waals surface area contributed by atoms with E-state index < -0.39 is 5.97 Å². The topological polar surface area (TPSA) is 64.1 Å². The molecule has 0 aliphatic carbocycles. The van der Waals surface area contributed by atoms with Crippen LogP contribution in [0.15, 0.2) is 0 Å². The summed E-state index contributed by atoms with van der Waals surface area (Å²) in [6.07, 6.45) is 0.967. The van der Waals surface area contributed by atoms with Crippen molar-refractivity contribution in [3.05, 3.63) is 0 Å². The van der Waals surface area contributed by atoms with E-state index >= 15 is 0 Å². The predicted octanol–water partition coefficient (Wildman–Crippen LogP) is 0.539. The first kappa shape index (κ1) is 14.8. The lowest BCUT2D eigenvalue weighted by Gasteiger charge is -2.27. The first-order valence-electron chi connectivity index (χ1n) is 6.45. The van der Waals surface area contributed by atoms with Crippen LogP contribution < -0.4 is 0 Å². The molecule has 1 aliphatic heterocycles. The summed E-state index contributed by atoms with van der Waals surface area (Å²) < 4.78 is 0. The van der Waals surface area contributed by atoms with Crippen LogP contribution in [-0.2, 0) is 4.79 Å². The second-order valence-electron chi connectivity index (χ2n) is 4.64. The van der Waals surface area contributed by atoms with E-state index in [-0.39, 0.29) is 12.6 Å². The van der Waals surface area contributed by atoms with Crippen molar-refractivity contribution in [2.24, 2.45) is 0 Å². The predicted molar refractivity (Wildman–Crippen MR) is 68.6 cm³/mol. The molecule has 1 saturated heterocycles. The summed E-state index contributed by atoms with van der Waals surface area (Å²) in [5.74, 6) is -0.981. The molecular formula is C12H23N3O3. The molecular weight excluding hydrogens is 234 g/mol. The number of likely N-dealkylation sites (tertiary alicyclic amines) is 1. The summed E-state index contributed by atoms with van der Waals surface area (Å²) in [4.78, 5) is 27.9. The molecule has 0 saturated carbocycles. The molecule has 1 rings (SSSR count). The normalized spacial score (nSPS) is 19.3. The van der Waals surface area contributed by atoms with Crippen LogP contribution >= 0.6 is 0 Å². The van der Waals surface area contributed by atoms with Crippen molar-refractivity contribution in [3.8, 4) is 0 Å². The number of urea groups is 1. The highest BCUT2D eigenvalue weighted by Crippen LogP contribution is 2.16. The van der Waals surface area contributed by atoms with Gasteiger partial charge in [-0.2, -0.15) is 0 Å². The summed E-state index contributed by atoms with van der Waals surface area (Å²) in [5.41, 5.74) is 0. The van der Waals surface area contributed by atoms with E-state index in [1.54, 1.807) is 4.90 Å². The molecule has 6 nitrogen and oxygen atoms in total. The number of carboxylic acids is 1. The number of amides is 2. The summed E-state index contributed by atoms with van der Waals surface area (Å²) >= 11 is 0. The fourth-order valence-electron chi connectivity index (χ4n) is 2.47. The smallest absolute Gasteiger partial charge is 0.323 e. The molecule has 0 aromatic heterocycles. The van der Waals surface area contributed by atoms with Crippen molar-refractivity contribution in [2.45, 2.75) is 26.3 Å². The van der Waals surface area contributed by atoms with E-state index in [4.69, 9.17) is 5.11 Å². The van der Waals surface area contributed by atoms with E-state index in [2.05, 4.69) is 18.7 Å². The van der Waals surface area contributed by atoms with E-state index in [0.29, 0.717) is 19.1 Å². The maximum Gasteiger partial charge on any atom is 0.323 e. The highest BCUT2D eigenvalue weighted by Gasteiger charge is 2.30. The van der Waals surface area contributed by atoms with E-state index in [9.17, 15) is 9.59 Å². The van der Waals surface area contributed by atoms with Gasteiger partial charge in [0.25, 0.3) is 0 Å². The number of hydrogen-bond acceptors (Lipinski definition) is 3. The monoisotopic (exact) mass is 257 g/mol. The van der Waals surface area contributed by atoms with E-state index in [1.807, 2.05) is 0 Å². The van der Waals surface area contributed by atoms with Crippen LogP contribution in [0.25, 0.3) is 0 Å². The van der Waals surface area contributed by atoms with Crippen molar-refractivity contribution >= 4 is 12.0 Å². The standard InChI is InChI=1S/C12H23N3O3/c1-4-14(5-2)10-6-7-15(8-10)12(18)13(3)9-11(16)17/h10H,4-9H2,1-3H3,(H,16,17). The first-order valence-corrected chi connectivity index (χ1v) is 6.45. The molecule has 0 radical (unpaired) electrons. The minimum atomic E-state index is -0.981. The Bertz CT molecular complexity index is 305. The summed E-state index contributed by atoms with van der Waals surface area (Å²) in [5, 5.41) is 8.67. The van der Waals surface area contributed by atoms with Gasteiger partial charge in [-0.25, -0.2) is 4.79 Å². The third-order valence-electron chi connectivity index (χ3n) is 3.46. The van der Waals surface area contributed by atoms with Gasteiger partial charge in [-0.1, -0.05) is 13.8 Å². The molecule has 0 bridgehead atoms. The van der Waals surface area contributed by atoms with Crippen LogP contribution in [0.3, 0.4) is 0 Å². The molecule has 1 heterocycles. The maximum atomic E-state index is 12.0. The molecule has 2 amide bonds. The fraction of sp³-hybridized carbons (Fsp3) is 0.833. The van der Waals surface area contributed by atoms with Gasteiger partial charge in [0.05, 0.1) is 0 Å². The lowest BCUT2D eigenvalue weighted by atomic mass is 10.2. The average Bonchev–Trinajstić information content (AvgIpc) is 2.78. The number of carbonyl (C=O) groups is 2. The fourth-order valence-corrected chi connectivity index (χ4v) is 2.47. The molecule has 1 unspecified atom stereocenters. The lowest BCUT2D eigenvalue weighted by Crippen LogP contribution is -2.44. The van der Waals surface area contributed by atoms with E-state index in [1.165, 1.54) is 11.9 Å². The highest BCUT2D eigenvalue weighted by atomic mass is 16.4. The second kappa shape index (κ2) is 6.58. The van der Waals surface area contributed by atoms with Gasteiger partial charge >= 0.3 is 12.0 Å². The molecule has 0 spiro atoms. The number of carboxylic acid groups (broad SMARTS) is 1. The Morgan fingerprint density at radius 2 is 1.94 bits per heavy atom. The van der Waals surface area contributed by atoms with Crippen LogP contribution in [0.4, 0.5) is 4.79 Å². The minimum Gasteiger partial charge on any atom is -0.480 e. The largest absolute Gasteiger partial charge is 0.480 e. The molecule has 1 N–H and O–H groups in total. The average molecular weight is 257 g/mol. The number of carbonyl (C=O) groups excluding carboxylic acids is 1.